The zero-order chi connectivity index (χ0) is 22.4. The maximum atomic E-state index is 13.0. The minimum absolute atomic E-state index is 0.288. The molecule has 0 unspecified atom stereocenters. The zero-order valence-electron chi connectivity index (χ0n) is 17.2. The van der Waals surface area contributed by atoms with E-state index in [2.05, 4.69) is 5.32 Å². The number of ether oxygens (including phenoxy) is 1. The molecule has 0 aliphatic rings. The van der Waals surface area contributed by atoms with Crippen LogP contribution in [0.4, 0.5) is 11.4 Å². The fraction of sp³-hybridized carbons (Fsp3) is 0.174. The number of amides is 1. The predicted octanol–water partition coefficient (Wildman–Crippen LogP) is 5.32. The molecule has 1 N–H and O–H groups in total. The van der Waals surface area contributed by atoms with Gasteiger partial charge in [0, 0.05) is 10.7 Å². The SMILES string of the molecule is CC[C@@H](C(=O)Nc1ccc(Oc2ccccc2)cc1)N(c1ccc(Cl)cc1)S(C)(=O)=O. The van der Waals surface area contributed by atoms with E-state index in [1.165, 1.54) is 0 Å². The average Bonchev–Trinajstić information content (AvgIpc) is 2.74. The van der Waals surface area contributed by atoms with E-state index in [0.29, 0.717) is 27.9 Å². The van der Waals surface area contributed by atoms with Crippen molar-refractivity contribution in [1.29, 1.82) is 0 Å². The van der Waals surface area contributed by atoms with Gasteiger partial charge >= 0.3 is 0 Å². The van der Waals surface area contributed by atoms with Gasteiger partial charge in [0.05, 0.1) is 11.9 Å². The number of para-hydroxylation sites is 1. The Balaban J connectivity index is 1.77. The van der Waals surface area contributed by atoms with E-state index in [9.17, 15) is 13.2 Å². The van der Waals surface area contributed by atoms with Crippen molar-refractivity contribution in [2.75, 3.05) is 15.9 Å². The molecule has 0 aliphatic heterocycles. The molecule has 3 aromatic carbocycles. The van der Waals surface area contributed by atoms with Crippen molar-refractivity contribution < 1.29 is 17.9 Å². The van der Waals surface area contributed by atoms with E-state index in [1.807, 2.05) is 30.3 Å². The molecule has 0 aliphatic carbocycles. The Kier molecular flexibility index (Phi) is 7.20. The fourth-order valence-corrected chi connectivity index (χ4v) is 4.44. The van der Waals surface area contributed by atoms with Gasteiger partial charge in [-0.15, -0.1) is 0 Å². The monoisotopic (exact) mass is 458 g/mol. The quantitative estimate of drug-likeness (QED) is 0.496. The van der Waals surface area contributed by atoms with Crippen LogP contribution in [0.25, 0.3) is 0 Å². The van der Waals surface area contributed by atoms with E-state index < -0.39 is 22.0 Å². The number of nitrogens with zero attached hydrogens (tertiary/aromatic N) is 1. The predicted molar refractivity (Wildman–Crippen MR) is 124 cm³/mol. The molecule has 6 nitrogen and oxygen atoms in total. The Hall–Kier alpha value is -3.03. The molecule has 0 heterocycles. The normalized spacial score (nSPS) is 12.1. The van der Waals surface area contributed by atoms with E-state index in [4.69, 9.17) is 16.3 Å². The number of rotatable bonds is 8. The average molecular weight is 459 g/mol. The third-order valence-electron chi connectivity index (χ3n) is 4.51. The van der Waals surface area contributed by atoms with Gasteiger partial charge < -0.3 is 10.1 Å². The molecule has 0 saturated carbocycles. The number of benzene rings is 3. The van der Waals surface area contributed by atoms with Crippen LogP contribution >= 0.6 is 11.6 Å². The van der Waals surface area contributed by atoms with E-state index in [0.717, 1.165) is 10.6 Å². The standard InChI is InChI=1S/C23H23ClN2O4S/c1-3-22(26(31(2,28)29)19-13-9-17(24)10-14-19)23(27)25-18-11-15-21(16-12-18)30-20-7-5-4-6-8-20/h4-16,22H,3H2,1-2H3,(H,25,27)/t22-/m0/s1. The molecule has 1 amide bonds. The number of carbonyl (C=O) groups is 1. The van der Waals surface area contributed by atoms with Crippen molar-refractivity contribution in [2.24, 2.45) is 0 Å². The van der Waals surface area contributed by atoms with Crippen LogP contribution in [0.5, 0.6) is 11.5 Å². The fourth-order valence-electron chi connectivity index (χ4n) is 3.10. The Labute approximate surface area is 187 Å². The Morgan fingerprint density at radius 1 is 0.968 bits per heavy atom. The van der Waals surface area contributed by atoms with Crippen molar-refractivity contribution >= 4 is 38.9 Å². The van der Waals surface area contributed by atoms with E-state index >= 15 is 0 Å². The number of carbonyl (C=O) groups excluding carboxylic acids is 1. The van der Waals surface area contributed by atoms with Crippen LogP contribution in [0.15, 0.2) is 78.9 Å². The molecule has 0 saturated heterocycles. The summed E-state index contributed by atoms with van der Waals surface area (Å²) in [5, 5.41) is 3.27. The molecule has 0 bridgehead atoms. The van der Waals surface area contributed by atoms with Crippen molar-refractivity contribution in [3.63, 3.8) is 0 Å². The van der Waals surface area contributed by atoms with Gasteiger partial charge in [-0.05, 0) is 67.1 Å². The number of hydrogen-bond acceptors (Lipinski definition) is 4. The number of hydrogen-bond donors (Lipinski definition) is 1. The minimum Gasteiger partial charge on any atom is -0.457 e. The van der Waals surface area contributed by atoms with Crippen molar-refractivity contribution in [1.82, 2.24) is 0 Å². The van der Waals surface area contributed by atoms with Crippen LogP contribution in [-0.4, -0.2) is 26.6 Å². The van der Waals surface area contributed by atoms with Crippen LogP contribution in [0.3, 0.4) is 0 Å². The summed E-state index contributed by atoms with van der Waals surface area (Å²) in [5.41, 5.74) is 0.911. The highest BCUT2D eigenvalue weighted by atomic mass is 35.5. The van der Waals surface area contributed by atoms with Gasteiger partial charge in [0.25, 0.3) is 0 Å². The van der Waals surface area contributed by atoms with Gasteiger partial charge in [0.1, 0.15) is 17.5 Å². The third-order valence-corrected chi connectivity index (χ3v) is 5.94. The van der Waals surface area contributed by atoms with Crippen LogP contribution < -0.4 is 14.4 Å². The summed E-state index contributed by atoms with van der Waals surface area (Å²) in [4.78, 5) is 13.0. The Morgan fingerprint density at radius 2 is 1.55 bits per heavy atom. The molecular formula is C23H23ClN2O4S. The topological polar surface area (TPSA) is 75.7 Å². The molecule has 3 aromatic rings. The molecular weight excluding hydrogens is 436 g/mol. The summed E-state index contributed by atoms with van der Waals surface area (Å²) >= 11 is 5.92. The molecule has 0 aromatic heterocycles. The lowest BCUT2D eigenvalue weighted by Gasteiger charge is -2.30. The van der Waals surface area contributed by atoms with Gasteiger partial charge in [0.15, 0.2) is 0 Å². The third kappa shape index (κ3) is 5.99. The summed E-state index contributed by atoms with van der Waals surface area (Å²) < 4.78 is 31.8. The largest absolute Gasteiger partial charge is 0.457 e. The molecule has 0 spiro atoms. The lowest BCUT2D eigenvalue weighted by molar-refractivity contribution is -0.117. The number of anilines is 2. The second-order valence-electron chi connectivity index (χ2n) is 6.89. The highest BCUT2D eigenvalue weighted by Crippen LogP contribution is 2.26. The molecule has 31 heavy (non-hydrogen) atoms. The Bertz CT molecular complexity index is 1120. The summed E-state index contributed by atoms with van der Waals surface area (Å²) in [7, 11) is -3.71. The number of sulfonamides is 1. The van der Waals surface area contributed by atoms with Crippen LogP contribution in [0.1, 0.15) is 13.3 Å². The highest BCUT2D eigenvalue weighted by Gasteiger charge is 2.31. The maximum Gasteiger partial charge on any atom is 0.248 e. The molecule has 162 valence electrons. The first-order valence-corrected chi connectivity index (χ1v) is 11.9. The van der Waals surface area contributed by atoms with Gasteiger partial charge in [-0.25, -0.2) is 8.42 Å². The lowest BCUT2D eigenvalue weighted by atomic mass is 10.1. The van der Waals surface area contributed by atoms with E-state index in [1.54, 1.807) is 55.5 Å². The summed E-state index contributed by atoms with van der Waals surface area (Å²) in [6, 6.07) is 21.6. The first kappa shape index (κ1) is 22.7. The second kappa shape index (κ2) is 9.85. The van der Waals surface area contributed by atoms with Crippen LogP contribution in [-0.2, 0) is 14.8 Å². The smallest absolute Gasteiger partial charge is 0.248 e. The summed E-state index contributed by atoms with van der Waals surface area (Å²) in [6.07, 6.45) is 1.37. The molecule has 0 fully saturated rings. The summed E-state index contributed by atoms with van der Waals surface area (Å²) in [5.74, 6) is 0.895. The zero-order valence-corrected chi connectivity index (χ0v) is 18.7. The highest BCUT2D eigenvalue weighted by molar-refractivity contribution is 7.92. The van der Waals surface area contributed by atoms with Gasteiger partial charge in [0.2, 0.25) is 15.9 Å². The van der Waals surface area contributed by atoms with Crippen molar-refractivity contribution in [2.45, 2.75) is 19.4 Å². The first-order chi connectivity index (χ1) is 14.8. The second-order valence-corrected chi connectivity index (χ2v) is 9.18. The van der Waals surface area contributed by atoms with Crippen molar-refractivity contribution in [3.8, 4) is 11.5 Å². The van der Waals surface area contributed by atoms with E-state index in [-0.39, 0.29) is 6.42 Å². The summed E-state index contributed by atoms with van der Waals surface area (Å²) in [6.45, 7) is 1.76. The lowest BCUT2D eigenvalue weighted by Crippen LogP contribution is -2.46. The minimum atomic E-state index is -3.71. The maximum absolute atomic E-state index is 13.0. The molecule has 1 atom stereocenters. The first-order valence-electron chi connectivity index (χ1n) is 9.66. The van der Waals surface area contributed by atoms with Gasteiger partial charge in [-0.2, -0.15) is 0 Å². The van der Waals surface area contributed by atoms with Gasteiger partial charge in [-0.3, -0.25) is 9.10 Å². The number of nitrogens with one attached hydrogen (secondary N) is 1. The number of halogens is 1. The molecule has 0 radical (unpaired) electrons. The van der Waals surface area contributed by atoms with Crippen LogP contribution in [0.2, 0.25) is 5.02 Å². The Morgan fingerprint density at radius 3 is 2.10 bits per heavy atom. The molecule has 3 rings (SSSR count). The van der Waals surface area contributed by atoms with Gasteiger partial charge in [-0.1, -0.05) is 36.7 Å². The van der Waals surface area contributed by atoms with Crippen LogP contribution in [0, 0.1) is 0 Å². The molecule has 8 heteroatoms. The van der Waals surface area contributed by atoms with Crippen molar-refractivity contribution in [3.05, 3.63) is 83.9 Å².